The van der Waals surface area contributed by atoms with Gasteiger partial charge in [0.15, 0.2) is 5.96 Å². The molecule has 3 atom stereocenters. The Kier molecular flexibility index (Phi) is 14.4. The highest BCUT2D eigenvalue weighted by molar-refractivity contribution is 14.0. The van der Waals surface area contributed by atoms with Crippen LogP contribution in [-0.4, -0.2) is 54.1 Å². The number of nitrogens with zero attached hydrogens (tertiary/aromatic N) is 1. The Morgan fingerprint density at radius 2 is 2.10 bits per heavy atom. The standard InChI is InChI=1S/C22H37N3O3S.HI/c1-4-23-22(25-19-10-7-12-21(16-19)29(26)5-2)24-17-18-9-6-11-20(15-18)28-14-8-13-27-3;/h6,9,11,15,19,21H,4-5,7-8,10,12-14,16-17H2,1-3H3,(H2,23,24,25);1H. The van der Waals surface area contributed by atoms with Crippen LogP contribution in [0.1, 0.15) is 51.5 Å². The number of hydrogen-bond acceptors (Lipinski definition) is 4. The van der Waals surface area contributed by atoms with Crippen molar-refractivity contribution in [3.63, 3.8) is 0 Å². The first kappa shape index (κ1) is 27.2. The average Bonchev–Trinajstić information content (AvgIpc) is 2.75. The molecule has 0 bridgehead atoms. The number of benzene rings is 1. The smallest absolute Gasteiger partial charge is 0.191 e. The van der Waals surface area contributed by atoms with Gasteiger partial charge in [-0.25, -0.2) is 4.99 Å². The highest BCUT2D eigenvalue weighted by atomic mass is 127. The zero-order valence-electron chi connectivity index (χ0n) is 18.5. The summed E-state index contributed by atoms with van der Waals surface area (Å²) in [4.78, 5) is 4.76. The molecule has 8 heteroatoms. The van der Waals surface area contributed by atoms with Crippen molar-refractivity contribution in [1.29, 1.82) is 0 Å². The summed E-state index contributed by atoms with van der Waals surface area (Å²) >= 11 is 0. The third kappa shape index (κ3) is 9.96. The highest BCUT2D eigenvalue weighted by Gasteiger charge is 2.26. The summed E-state index contributed by atoms with van der Waals surface area (Å²) in [5.74, 6) is 2.44. The molecule has 0 heterocycles. The fourth-order valence-corrected chi connectivity index (χ4v) is 4.91. The molecule has 1 saturated carbocycles. The van der Waals surface area contributed by atoms with E-state index in [0.29, 0.717) is 31.1 Å². The molecule has 1 aliphatic carbocycles. The Bertz CT molecular complexity index is 660. The van der Waals surface area contributed by atoms with Crippen LogP contribution in [0.3, 0.4) is 0 Å². The number of rotatable bonds is 11. The minimum Gasteiger partial charge on any atom is -0.493 e. The van der Waals surface area contributed by atoms with E-state index < -0.39 is 10.8 Å². The highest BCUT2D eigenvalue weighted by Crippen LogP contribution is 2.23. The monoisotopic (exact) mass is 551 g/mol. The molecular weight excluding hydrogens is 513 g/mol. The summed E-state index contributed by atoms with van der Waals surface area (Å²) in [5, 5.41) is 7.20. The van der Waals surface area contributed by atoms with Crippen LogP contribution < -0.4 is 15.4 Å². The van der Waals surface area contributed by atoms with Gasteiger partial charge in [-0.2, -0.15) is 0 Å². The lowest BCUT2D eigenvalue weighted by Gasteiger charge is -2.30. The van der Waals surface area contributed by atoms with Crippen LogP contribution in [-0.2, 0) is 22.1 Å². The first-order valence-electron chi connectivity index (χ1n) is 10.8. The van der Waals surface area contributed by atoms with Gasteiger partial charge in [0.05, 0.1) is 13.2 Å². The van der Waals surface area contributed by atoms with Gasteiger partial charge in [0.2, 0.25) is 0 Å². The van der Waals surface area contributed by atoms with Gasteiger partial charge in [-0.05, 0) is 43.9 Å². The lowest BCUT2D eigenvalue weighted by atomic mass is 9.95. The van der Waals surface area contributed by atoms with E-state index in [0.717, 1.165) is 61.7 Å². The predicted octanol–water partition coefficient (Wildman–Crippen LogP) is 3.85. The van der Waals surface area contributed by atoms with Gasteiger partial charge >= 0.3 is 0 Å². The maximum absolute atomic E-state index is 12.2. The molecule has 1 aromatic carbocycles. The van der Waals surface area contributed by atoms with Gasteiger partial charge in [-0.1, -0.05) is 25.5 Å². The van der Waals surface area contributed by atoms with Gasteiger partial charge in [0.1, 0.15) is 5.75 Å². The molecule has 0 amide bonds. The number of guanidine groups is 1. The lowest BCUT2D eigenvalue weighted by Crippen LogP contribution is -2.46. The Morgan fingerprint density at radius 1 is 1.27 bits per heavy atom. The Hall–Kier alpha value is -0.870. The Labute approximate surface area is 201 Å². The maximum Gasteiger partial charge on any atom is 0.191 e. The molecule has 30 heavy (non-hydrogen) atoms. The zero-order chi connectivity index (χ0) is 20.9. The van der Waals surface area contributed by atoms with Crippen LogP contribution in [0, 0.1) is 0 Å². The lowest BCUT2D eigenvalue weighted by molar-refractivity contribution is 0.172. The number of halogens is 1. The number of methoxy groups -OCH3 is 1. The molecule has 6 nitrogen and oxygen atoms in total. The van der Waals surface area contributed by atoms with Crippen LogP contribution in [0.15, 0.2) is 29.3 Å². The normalized spacial score (nSPS) is 20.2. The summed E-state index contributed by atoms with van der Waals surface area (Å²) in [6.07, 6.45) is 5.13. The van der Waals surface area contributed by atoms with Crippen molar-refractivity contribution < 1.29 is 13.7 Å². The third-order valence-electron chi connectivity index (χ3n) is 5.05. The van der Waals surface area contributed by atoms with Gasteiger partial charge in [-0.3, -0.25) is 4.21 Å². The van der Waals surface area contributed by atoms with E-state index in [1.54, 1.807) is 7.11 Å². The van der Waals surface area contributed by atoms with Crippen LogP contribution in [0.25, 0.3) is 0 Å². The zero-order valence-corrected chi connectivity index (χ0v) is 21.7. The summed E-state index contributed by atoms with van der Waals surface area (Å²) in [6.45, 7) is 6.82. The van der Waals surface area contributed by atoms with Crippen LogP contribution in [0.2, 0.25) is 0 Å². The van der Waals surface area contributed by atoms with Crippen molar-refractivity contribution in [2.45, 2.75) is 63.8 Å². The SMILES string of the molecule is CCNC(=NCc1cccc(OCCCOC)c1)NC1CCCC(S(=O)CC)C1.I. The Balaban J connectivity index is 0.00000450. The fourth-order valence-electron chi connectivity index (χ4n) is 3.56. The molecule has 1 fully saturated rings. The topological polar surface area (TPSA) is 72.0 Å². The molecular formula is C22H38IN3O3S. The number of nitrogens with one attached hydrogen (secondary N) is 2. The predicted molar refractivity (Wildman–Crippen MR) is 137 cm³/mol. The van der Waals surface area contributed by atoms with Crippen LogP contribution >= 0.6 is 24.0 Å². The number of ether oxygens (including phenoxy) is 2. The maximum atomic E-state index is 12.2. The van der Waals surface area contributed by atoms with Crippen LogP contribution in [0.5, 0.6) is 5.75 Å². The van der Waals surface area contributed by atoms with Crippen LogP contribution in [0.4, 0.5) is 0 Å². The van der Waals surface area contributed by atoms with Gasteiger partial charge in [0.25, 0.3) is 0 Å². The second kappa shape index (κ2) is 15.9. The summed E-state index contributed by atoms with van der Waals surface area (Å²) in [6, 6.07) is 8.41. The van der Waals surface area contributed by atoms with Crippen molar-refractivity contribution >= 4 is 40.7 Å². The Morgan fingerprint density at radius 3 is 2.83 bits per heavy atom. The van der Waals surface area contributed by atoms with Crippen molar-refractivity contribution in [1.82, 2.24) is 10.6 Å². The second-order valence-corrected chi connectivity index (χ2v) is 9.34. The first-order chi connectivity index (χ1) is 14.2. The van der Waals surface area contributed by atoms with Crippen molar-refractivity contribution in [2.24, 2.45) is 4.99 Å². The van der Waals surface area contributed by atoms with Crippen molar-refractivity contribution in [3.8, 4) is 5.75 Å². The molecule has 0 aliphatic heterocycles. The summed E-state index contributed by atoms with van der Waals surface area (Å²) in [7, 11) is 0.984. The fraction of sp³-hybridized carbons (Fsp3) is 0.682. The van der Waals surface area contributed by atoms with E-state index in [9.17, 15) is 4.21 Å². The molecule has 0 radical (unpaired) electrons. The van der Waals surface area contributed by atoms with Gasteiger partial charge in [0, 0.05) is 54.5 Å². The molecule has 1 aliphatic rings. The average molecular weight is 552 g/mol. The van der Waals surface area contributed by atoms with E-state index >= 15 is 0 Å². The van der Waals surface area contributed by atoms with E-state index in [2.05, 4.69) is 23.6 Å². The molecule has 0 spiro atoms. The van der Waals surface area contributed by atoms with E-state index in [-0.39, 0.29) is 24.0 Å². The van der Waals surface area contributed by atoms with E-state index in [1.807, 2.05) is 25.1 Å². The molecule has 2 N–H and O–H groups in total. The summed E-state index contributed by atoms with van der Waals surface area (Å²) in [5.41, 5.74) is 1.11. The minimum atomic E-state index is -0.715. The first-order valence-corrected chi connectivity index (χ1v) is 12.2. The largest absolute Gasteiger partial charge is 0.493 e. The third-order valence-corrected chi connectivity index (χ3v) is 6.79. The van der Waals surface area contributed by atoms with Gasteiger partial charge in [-0.15, -0.1) is 24.0 Å². The van der Waals surface area contributed by atoms with Gasteiger partial charge < -0.3 is 20.1 Å². The molecule has 2 rings (SSSR count). The molecule has 172 valence electrons. The summed E-state index contributed by atoms with van der Waals surface area (Å²) < 4.78 is 23.0. The number of aliphatic imine (C=N–C) groups is 1. The quantitative estimate of drug-likeness (QED) is 0.189. The minimum absolute atomic E-state index is 0. The van der Waals surface area contributed by atoms with E-state index in [4.69, 9.17) is 14.5 Å². The number of hydrogen-bond donors (Lipinski definition) is 2. The molecule has 0 aromatic heterocycles. The molecule has 3 unspecified atom stereocenters. The molecule has 0 saturated heterocycles. The molecule has 1 aromatic rings. The van der Waals surface area contributed by atoms with Crippen molar-refractivity contribution in [3.05, 3.63) is 29.8 Å². The van der Waals surface area contributed by atoms with E-state index in [1.165, 1.54) is 0 Å². The second-order valence-electron chi connectivity index (χ2n) is 7.34. The van der Waals surface area contributed by atoms with Crippen molar-refractivity contribution in [2.75, 3.05) is 32.6 Å².